The Morgan fingerprint density at radius 1 is 1.12 bits per heavy atom. The van der Waals surface area contributed by atoms with Gasteiger partial charge >= 0.3 is 0 Å². The Balaban J connectivity index is 1.54. The van der Waals surface area contributed by atoms with Gasteiger partial charge in [-0.2, -0.15) is 0 Å². The van der Waals surface area contributed by atoms with Crippen LogP contribution in [-0.4, -0.2) is 23.9 Å². The maximum Gasteiger partial charge on any atom is 0.246 e. The molecule has 0 aromatic heterocycles. The molecule has 0 fully saturated rings. The highest BCUT2D eigenvalue weighted by Crippen LogP contribution is 2.16. The Hall–Kier alpha value is -2.66. The molecule has 5 heteroatoms. The second-order valence-corrected chi connectivity index (χ2v) is 6.68. The van der Waals surface area contributed by atoms with Crippen LogP contribution in [0.5, 0.6) is 0 Å². The number of hydrogen-bond acceptors (Lipinski definition) is 3. The van der Waals surface area contributed by atoms with Gasteiger partial charge in [0.25, 0.3) is 0 Å². The molecule has 136 valence electrons. The van der Waals surface area contributed by atoms with Crippen LogP contribution < -0.4 is 16.0 Å². The molecule has 1 aliphatic rings. The van der Waals surface area contributed by atoms with Crippen molar-refractivity contribution in [1.82, 2.24) is 10.6 Å². The number of aryl methyl sites for hydroxylation is 1. The third-order valence-corrected chi connectivity index (χ3v) is 4.78. The first-order chi connectivity index (χ1) is 12.6. The number of amides is 2. The van der Waals surface area contributed by atoms with Crippen molar-refractivity contribution in [1.29, 1.82) is 0 Å². The van der Waals surface area contributed by atoms with Crippen molar-refractivity contribution in [2.24, 2.45) is 0 Å². The van der Waals surface area contributed by atoms with Crippen LogP contribution in [0.3, 0.4) is 0 Å². The predicted octanol–water partition coefficient (Wildman–Crippen LogP) is 2.41. The smallest absolute Gasteiger partial charge is 0.246 e. The number of fused-ring (bicyclic) bond motifs is 1. The number of anilines is 1. The van der Waals surface area contributed by atoms with Crippen LogP contribution in [0, 0.1) is 0 Å². The van der Waals surface area contributed by atoms with Gasteiger partial charge in [0.15, 0.2) is 0 Å². The van der Waals surface area contributed by atoms with E-state index in [0.717, 1.165) is 12.1 Å². The summed E-state index contributed by atoms with van der Waals surface area (Å²) in [6, 6.07) is 14.9. The van der Waals surface area contributed by atoms with Crippen LogP contribution in [0.4, 0.5) is 5.69 Å². The second kappa shape index (κ2) is 8.15. The maximum atomic E-state index is 12.5. The summed E-state index contributed by atoms with van der Waals surface area (Å²) in [5.41, 5.74) is 4.35. The van der Waals surface area contributed by atoms with E-state index in [1.54, 1.807) is 6.92 Å². The summed E-state index contributed by atoms with van der Waals surface area (Å²) in [5, 5.41) is 8.89. The van der Waals surface area contributed by atoms with Crippen molar-refractivity contribution < 1.29 is 9.59 Å². The predicted molar refractivity (Wildman–Crippen MR) is 103 cm³/mol. The first-order valence-electron chi connectivity index (χ1n) is 9.07. The van der Waals surface area contributed by atoms with Crippen molar-refractivity contribution in [2.45, 2.75) is 45.3 Å². The number of hydrogen-bond donors (Lipinski definition) is 3. The van der Waals surface area contributed by atoms with E-state index in [1.165, 1.54) is 16.7 Å². The maximum absolute atomic E-state index is 12.5. The highest BCUT2D eigenvalue weighted by Gasteiger charge is 2.26. The van der Waals surface area contributed by atoms with Gasteiger partial charge in [-0.1, -0.05) is 43.3 Å². The molecule has 1 heterocycles. The minimum atomic E-state index is -0.604. The van der Waals surface area contributed by atoms with Crippen LogP contribution in [0.1, 0.15) is 30.5 Å². The Morgan fingerprint density at radius 3 is 2.50 bits per heavy atom. The van der Waals surface area contributed by atoms with E-state index >= 15 is 0 Å². The number of rotatable bonds is 5. The van der Waals surface area contributed by atoms with Crippen molar-refractivity contribution in [3.63, 3.8) is 0 Å². The van der Waals surface area contributed by atoms with Gasteiger partial charge in [0.05, 0.1) is 6.04 Å². The molecule has 0 saturated heterocycles. The molecule has 2 unspecified atom stereocenters. The quantitative estimate of drug-likeness (QED) is 0.775. The SMILES string of the molecule is CCc1ccc(NC(=O)C(C)NC(=O)C2Cc3ccccc3CN2)cc1. The zero-order valence-electron chi connectivity index (χ0n) is 15.2. The first kappa shape index (κ1) is 18.1. The lowest BCUT2D eigenvalue weighted by atomic mass is 9.95. The molecule has 5 nitrogen and oxygen atoms in total. The van der Waals surface area contributed by atoms with E-state index in [1.807, 2.05) is 42.5 Å². The zero-order valence-corrected chi connectivity index (χ0v) is 15.2. The first-order valence-corrected chi connectivity index (χ1v) is 9.07. The van der Waals surface area contributed by atoms with Gasteiger partial charge in [-0.15, -0.1) is 0 Å². The monoisotopic (exact) mass is 351 g/mol. The molecule has 0 radical (unpaired) electrons. The molecule has 2 aromatic carbocycles. The number of carbonyl (C=O) groups is 2. The molecule has 3 N–H and O–H groups in total. The standard InChI is InChI=1S/C21H25N3O2/c1-3-15-8-10-18(11-9-15)24-20(25)14(2)23-21(26)19-12-16-6-4-5-7-17(16)13-22-19/h4-11,14,19,22H,3,12-13H2,1-2H3,(H,23,26)(H,24,25). The van der Waals surface area contributed by atoms with Gasteiger partial charge in [0.2, 0.25) is 11.8 Å². The average molecular weight is 351 g/mol. The van der Waals surface area contributed by atoms with Crippen LogP contribution in [0.2, 0.25) is 0 Å². The number of benzene rings is 2. The van der Waals surface area contributed by atoms with Crippen LogP contribution in [0.15, 0.2) is 48.5 Å². The molecule has 2 amide bonds. The highest BCUT2D eigenvalue weighted by molar-refractivity contribution is 5.97. The summed E-state index contributed by atoms with van der Waals surface area (Å²) in [6.07, 6.45) is 1.59. The number of nitrogens with one attached hydrogen (secondary N) is 3. The molecule has 1 aliphatic heterocycles. The van der Waals surface area contributed by atoms with Gasteiger partial charge in [0, 0.05) is 12.2 Å². The summed E-state index contributed by atoms with van der Waals surface area (Å²) in [7, 11) is 0. The molecule has 2 atom stereocenters. The van der Waals surface area contributed by atoms with E-state index < -0.39 is 6.04 Å². The van der Waals surface area contributed by atoms with E-state index in [-0.39, 0.29) is 17.9 Å². The Kier molecular flexibility index (Phi) is 5.68. The molecular weight excluding hydrogens is 326 g/mol. The molecule has 0 bridgehead atoms. The normalized spacial score (nSPS) is 17.1. The molecular formula is C21H25N3O2. The fourth-order valence-corrected chi connectivity index (χ4v) is 3.09. The summed E-state index contributed by atoms with van der Waals surface area (Å²) in [6.45, 7) is 4.45. The molecule has 26 heavy (non-hydrogen) atoms. The molecule has 2 aromatic rings. The third-order valence-electron chi connectivity index (χ3n) is 4.78. The van der Waals surface area contributed by atoms with Gasteiger partial charge in [-0.3, -0.25) is 9.59 Å². The van der Waals surface area contributed by atoms with Crippen LogP contribution >= 0.6 is 0 Å². The largest absolute Gasteiger partial charge is 0.343 e. The lowest BCUT2D eigenvalue weighted by Crippen LogP contribution is -2.52. The minimum absolute atomic E-state index is 0.150. The summed E-state index contributed by atoms with van der Waals surface area (Å²) in [5.74, 6) is -0.373. The van der Waals surface area contributed by atoms with E-state index in [2.05, 4.69) is 28.9 Å². The van der Waals surface area contributed by atoms with E-state index in [0.29, 0.717) is 13.0 Å². The van der Waals surface area contributed by atoms with E-state index in [9.17, 15) is 9.59 Å². The Morgan fingerprint density at radius 2 is 1.81 bits per heavy atom. The minimum Gasteiger partial charge on any atom is -0.343 e. The molecule has 0 spiro atoms. The van der Waals surface area contributed by atoms with Gasteiger partial charge in [-0.25, -0.2) is 0 Å². The van der Waals surface area contributed by atoms with Gasteiger partial charge in [0.1, 0.15) is 6.04 Å². The summed E-state index contributed by atoms with van der Waals surface area (Å²) < 4.78 is 0. The van der Waals surface area contributed by atoms with Crippen molar-refractivity contribution in [3.8, 4) is 0 Å². The van der Waals surface area contributed by atoms with Crippen molar-refractivity contribution >= 4 is 17.5 Å². The lowest BCUT2D eigenvalue weighted by Gasteiger charge is -2.26. The fourth-order valence-electron chi connectivity index (χ4n) is 3.09. The summed E-state index contributed by atoms with van der Waals surface area (Å²) >= 11 is 0. The van der Waals surface area contributed by atoms with Gasteiger partial charge < -0.3 is 16.0 Å². The molecule has 3 rings (SSSR count). The molecule has 0 aliphatic carbocycles. The highest BCUT2D eigenvalue weighted by atomic mass is 16.2. The van der Waals surface area contributed by atoms with Crippen molar-refractivity contribution in [2.75, 3.05) is 5.32 Å². The topological polar surface area (TPSA) is 70.2 Å². The van der Waals surface area contributed by atoms with Crippen LogP contribution in [-0.2, 0) is 29.0 Å². The Bertz CT molecular complexity index is 786. The second-order valence-electron chi connectivity index (χ2n) is 6.68. The van der Waals surface area contributed by atoms with Crippen LogP contribution in [0.25, 0.3) is 0 Å². The fraction of sp³-hybridized carbons (Fsp3) is 0.333. The van der Waals surface area contributed by atoms with Gasteiger partial charge in [-0.05, 0) is 48.6 Å². The molecule has 0 saturated carbocycles. The Labute approximate surface area is 154 Å². The summed E-state index contributed by atoms with van der Waals surface area (Å²) in [4.78, 5) is 24.8. The number of carbonyl (C=O) groups excluding carboxylic acids is 2. The zero-order chi connectivity index (χ0) is 18.5. The van der Waals surface area contributed by atoms with E-state index in [4.69, 9.17) is 0 Å². The average Bonchev–Trinajstić information content (AvgIpc) is 2.68. The lowest BCUT2D eigenvalue weighted by molar-refractivity contribution is -0.127. The van der Waals surface area contributed by atoms with Crippen molar-refractivity contribution in [3.05, 3.63) is 65.2 Å². The third kappa shape index (κ3) is 4.29.